The maximum Gasteiger partial charge on any atom is 0.173 e. The predicted molar refractivity (Wildman–Crippen MR) is 116 cm³/mol. The Labute approximate surface area is 174 Å². The van der Waals surface area contributed by atoms with E-state index in [9.17, 15) is 0 Å². The monoisotopic (exact) mass is 427 g/mol. The summed E-state index contributed by atoms with van der Waals surface area (Å²) >= 11 is 24.0. The van der Waals surface area contributed by atoms with Crippen molar-refractivity contribution in [2.75, 3.05) is 31.5 Å². The topological polar surface area (TPSA) is 18.5 Å². The van der Waals surface area contributed by atoms with E-state index in [-0.39, 0.29) is 0 Å². The van der Waals surface area contributed by atoms with Gasteiger partial charge >= 0.3 is 0 Å². The van der Waals surface area contributed by atoms with Crippen molar-refractivity contribution in [3.63, 3.8) is 0 Å². The number of piperazine rings is 1. The van der Waals surface area contributed by atoms with Crippen LogP contribution in [0.1, 0.15) is 11.1 Å². The first kappa shape index (κ1) is 19.7. The van der Waals surface area contributed by atoms with Gasteiger partial charge in [0.15, 0.2) is 5.11 Å². The molecule has 0 spiro atoms. The highest BCUT2D eigenvalue weighted by atomic mass is 35.5. The highest BCUT2D eigenvalue weighted by molar-refractivity contribution is 7.80. The van der Waals surface area contributed by atoms with E-state index < -0.39 is 0 Å². The Balaban J connectivity index is 1.54. The molecule has 3 nitrogen and oxygen atoms in total. The number of nitrogens with one attached hydrogen (secondary N) is 1. The average Bonchev–Trinajstić information content (AvgIpc) is 2.62. The SMILES string of the molecule is Cc1c(Cl)cccc1NC(=S)N1CCN(Cc2ccc(Cl)cc2Cl)CC1. The Hall–Kier alpha value is -1.04. The van der Waals surface area contributed by atoms with Gasteiger partial charge in [0.05, 0.1) is 0 Å². The van der Waals surface area contributed by atoms with Crippen molar-refractivity contribution in [1.29, 1.82) is 0 Å². The number of anilines is 1. The van der Waals surface area contributed by atoms with E-state index in [1.807, 2.05) is 37.3 Å². The van der Waals surface area contributed by atoms with E-state index in [2.05, 4.69) is 15.1 Å². The van der Waals surface area contributed by atoms with E-state index in [1.165, 1.54) is 0 Å². The van der Waals surface area contributed by atoms with Gasteiger partial charge in [0.25, 0.3) is 0 Å². The lowest BCUT2D eigenvalue weighted by molar-refractivity contribution is 0.177. The summed E-state index contributed by atoms with van der Waals surface area (Å²) in [5, 5.41) is 6.17. The van der Waals surface area contributed by atoms with Crippen molar-refractivity contribution in [2.45, 2.75) is 13.5 Å². The molecule has 26 heavy (non-hydrogen) atoms. The molecule has 0 saturated carbocycles. The molecule has 1 fully saturated rings. The van der Waals surface area contributed by atoms with Crippen molar-refractivity contribution in [2.24, 2.45) is 0 Å². The van der Waals surface area contributed by atoms with Gasteiger partial charge in [0.2, 0.25) is 0 Å². The molecule has 1 saturated heterocycles. The fourth-order valence-electron chi connectivity index (χ4n) is 2.94. The molecule has 0 aromatic heterocycles. The summed E-state index contributed by atoms with van der Waals surface area (Å²) in [4.78, 5) is 4.56. The van der Waals surface area contributed by atoms with Crippen LogP contribution in [0.2, 0.25) is 15.1 Å². The molecule has 0 bridgehead atoms. The molecule has 0 atom stereocenters. The summed E-state index contributed by atoms with van der Waals surface area (Å²) in [6.07, 6.45) is 0. The molecule has 7 heteroatoms. The lowest BCUT2D eigenvalue weighted by atomic mass is 10.2. The van der Waals surface area contributed by atoms with Crippen LogP contribution >= 0.6 is 47.0 Å². The van der Waals surface area contributed by atoms with E-state index in [0.29, 0.717) is 10.0 Å². The molecule has 1 aliphatic heterocycles. The van der Waals surface area contributed by atoms with E-state index in [1.54, 1.807) is 6.07 Å². The first-order chi connectivity index (χ1) is 12.4. The first-order valence-electron chi connectivity index (χ1n) is 8.41. The zero-order valence-corrected chi connectivity index (χ0v) is 17.5. The van der Waals surface area contributed by atoms with Crippen LogP contribution in [0, 0.1) is 6.92 Å². The highest BCUT2D eigenvalue weighted by Gasteiger charge is 2.20. The minimum Gasteiger partial charge on any atom is -0.346 e. The molecule has 0 amide bonds. The van der Waals surface area contributed by atoms with Crippen LogP contribution < -0.4 is 5.32 Å². The van der Waals surface area contributed by atoms with Crippen LogP contribution in [-0.2, 0) is 6.54 Å². The predicted octanol–water partition coefficient (Wildman–Crippen LogP) is 5.47. The van der Waals surface area contributed by atoms with Crippen molar-refractivity contribution in [3.8, 4) is 0 Å². The lowest BCUT2D eigenvalue weighted by Gasteiger charge is -2.36. The first-order valence-corrected chi connectivity index (χ1v) is 9.95. The minimum absolute atomic E-state index is 0.663. The number of hydrogen-bond acceptors (Lipinski definition) is 2. The fraction of sp³-hybridized carbons (Fsp3) is 0.316. The maximum absolute atomic E-state index is 6.28. The number of thiocarbonyl (C=S) groups is 1. The largest absolute Gasteiger partial charge is 0.346 e. The van der Waals surface area contributed by atoms with Crippen LogP contribution in [0.25, 0.3) is 0 Å². The number of rotatable bonds is 3. The summed E-state index contributed by atoms with van der Waals surface area (Å²) in [7, 11) is 0. The van der Waals surface area contributed by atoms with Crippen LogP contribution in [0.5, 0.6) is 0 Å². The van der Waals surface area contributed by atoms with E-state index >= 15 is 0 Å². The number of nitrogens with zero attached hydrogens (tertiary/aromatic N) is 2. The molecule has 0 aliphatic carbocycles. The second-order valence-corrected chi connectivity index (χ2v) is 7.98. The van der Waals surface area contributed by atoms with E-state index in [0.717, 1.165) is 59.7 Å². The Morgan fingerprint density at radius 2 is 1.77 bits per heavy atom. The van der Waals surface area contributed by atoms with Crippen LogP contribution in [0.3, 0.4) is 0 Å². The van der Waals surface area contributed by atoms with Gasteiger partial charge in [-0.1, -0.05) is 46.9 Å². The Morgan fingerprint density at radius 1 is 1.04 bits per heavy atom. The standard InChI is InChI=1S/C19H20Cl3N3S/c1-13-16(21)3-2-4-18(13)23-19(26)25-9-7-24(8-10-25)12-14-5-6-15(20)11-17(14)22/h2-6,11H,7-10,12H2,1H3,(H,23,26). The summed E-state index contributed by atoms with van der Waals surface area (Å²) in [6.45, 7) is 6.40. The Bertz CT molecular complexity index is 805. The molecule has 1 heterocycles. The average molecular weight is 429 g/mol. The summed E-state index contributed by atoms with van der Waals surface area (Å²) in [5.74, 6) is 0. The van der Waals surface area contributed by atoms with E-state index in [4.69, 9.17) is 47.0 Å². The third kappa shape index (κ3) is 4.81. The zero-order chi connectivity index (χ0) is 18.7. The molecular formula is C19H20Cl3N3S. The van der Waals surface area contributed by atoms with Gasteiger partial charge in [-0.25, -0.2) is 0 Å². The molecule has 2 aromatic rings. The molecule has 138 valence electrons. The van der Waals surface area contributed by atoms with Gasteiger partial charge in [0, 0.05) is 53.5 Å². The van der Waals surface area contributed by atoms with Gasteiger partial charge in [-0.3, -0.25) is 4.90 Å². The zero-order valence-electron chi connectivity index (χ0n) is 14.4. The van der Waals surface area contributed by atoms with Gasteiger partial charge < -0.3 is 10.2 Å². The minimum atomic E-state index is 0.663. The van der Waals surface area contributed by atoms with Gasteiger partial charge in [0.1, 0.15) is 0 Å². The van der Waals surface area contributed by atoms with Crippen molar-refractivity contribution < 1.29 is 0 Å². The molecular weight excluding hydrogens is 409 g/mol. The molecule has 1 N–H and O–H groups in total. The van der Waals surface area contributed by atoms with Crippen LogP contribution in [0.15, 0.2) is 36.4 Å². The number of benzene rings is 2. The molecule has 0 radical (unpaired) electrons. The molecule has 2 aromatic carbocycles. The van der Waals surface area contributed by atoms with Crippen LogP contribution in [0.4, 0.5) is 5.69 Å². The summed E-state index contributed by atoms with van der Waals surface area (Å²) in [5.41, 5.74) is 3.06. The third-order valence-corrected chi connectivity index (χ3v) is 5.93. The normalized spacial score (nSPS) is 15.2. The number of hydrogen-bond donors (Lipinski definition) is 1. The van der Waals surface area contributed by atoms with Gasteiger partial charge in [-0.05, 0) is 54.5 Å². The number of halogens is 3. The van der Waals surface area contributed by atoms with Crippen molar-refractivity contribution >= 4 is 57.8 Å². The summed E-state index contributed by atoms with van der Waals surface area (Å²) in [6, 6.07) is 11.5. The second-order valence-electron chi connectivity index (χ2n) is 6.34. The molecule has 3 rings (SSSR count). The van der Waals surface area contributed by atoms with Gasteiger partial charge in [-0.2, -0.15) is 0 Å². The molecule has 0 unspecified atom stereocenters. The van der Waals surface area contributed by atoms with Crippen molar-refractivity contribution in [1.82, 2.24) is 9.80 Å². The maximum atomic E-state index is 6.28. The third-order valence-electron chi connectivity index (χ3n) is 4.58. The highest BCUT2D eigenvalue weighted by Crippen LogP contribution is 2.24. The van der Waals surface area contributed by atoms with Gasteiger partial charge in [-0.15, -0.1) is 0 Å². The Kier molecular flexibility index (Phi) is 6.65. The van der Waals surface area contributed by atoms with Crippen molar-refractivity contribution in [3.05, 3.63) is 62.6 Å². The molecule has 1 aliphatic rings. The summed E-state index contributed by atoms with van der Waals surface area (Å²) < 4.78 is 0. The van der Waals surface area contributed by atoms with Crippen LogP contribution in [-0.4, -0.2) is 41.1 Å². The quantitative estimate of drug-likeness (QED) is 0.653. The fourth-order valence-corrected chi connectivity index (χ4v) is 3.87. The Morgan fingerprint density at radius 3 is 2.46 bits per heavy atom. The smallest absolute Gasteiger partial charge is 0.173 e. The second kappa shape index (κ2) is 8.77. The lowest BCUT2D eigenvalue weighted by Crippen LogP contribution is -2.49.